The molecule has 1 aliphatic heterocycles. The van der Waals surface area contributed by atoms with E-state index in [-0.39, 0.29) is 0 Å². The van der Waals surface area contributed by atoms with Gasteiger partial charge in [0.1, 0.15) is 0 Å². The highest BCUT2D eigenvalue weighted by Gasteiger charge is 2.29. The minimum absolute atomic E-state index is 0.294. The second-order valence-electron chi connectivity index (χ2n) is 6.37. The third kappa shape index (κ3) is 3.56. The van der Waals surface area contributed by atoms with Crippen LogP contribution in [0.3, 0.4) is 0 Å². The molecule has 0 atom stereocenters. The highest BCUT2D eigenvalue weighted by Crippen LogP contribution is 2.21. The molecule has 0 amide bonds. The molecular formula is C18H20N6O2S. The lowest BCUT2D eigenvalue weighted by Gasteiger charge is -2.34. The Morgan fingerprint density at radius 1 is 0.926 bits per heavy atom. The van der Waals surface area contributed by atoms with Gasteiger partial charge in [-0.25, -0.2) is 13.1 Å². The number of anilines is 1. The largest absolute Gasteiger partial charge is 0.352 e. The van der Waals surface area contributed by atoms with Gasteiger partial charge in [0, 0.05) is 38.6 Å². The topological polar surface area (TPSA) is 84.2 Å². The first-order valence-electron chi connectivity index (χ1n) is 8.69. The molecule has 0 radical (unpaired) electrons. The molecule has 1 aromatic carbocycles. The second kappa shape index (κ2) is 7.09. The number of hydrogen-bond donors (Lipinski definition) is 0. The van der Waals surface area contributed by atoms with Crippen LogP contribution in [0.25, 0.3) is 5.69 Å². The number of aryl methyl sites for hydroxylation is 1. The lowest BCUT2D eigenvalue weighted by molar-refractivity contribution is 0.383. The van der Waals surface area contributed by atoms with E-state index in [0.29, 0.717) is 31.1 Å². The van der Waals surface area contributed by atoms with Gasteiger partial charge in [-0.05, 0) is 49.4 Å². The molecule has 0 saturated carbocycles. The molecule has 2 aromatic heterocycles. The molecule has 0 unspecified atom stereocenters. The molecule has 0 bridgehead atoms. The highest BCUT2D eigenvalue weighted by atomic mass is 32.2. The summed E-state index contributed by atoms with van der Waals surface area (Å²) in [5, 5.41) is 12.4. The average Bonchev–Trinajstić information content (AvgIpc) is 3.24. The number of rotatable bonds is 4. The van der Waals surface area contributed by atoms with E-state index < -0.39 is 10.0 Å². The maximum absolute atomic E-state index is 12.9. The van der Waals surface area contributed by atoms with E-state index in [1.807, 2.05) is 31.3 Å². The monoisotopic (exact) mass is 384 g/mol. The van der Waals surface area contributed by atoms with Crippen LogP contribution in [-0.4, -0.2) is 58.9 Å². The fourth-order valence-corrected chi connectivity index (χ4v) is 4.48. The van der Waals surface area contributed by atoms with Crippen molar-refractivity contribution >= 4 is 15.8 Å². The van der Waals surface area contributed by atoms with Crippen LogP contribution in [0.1, 0.15) is 5.69 Å². The van der Waals surface area contributed by atoms with E-state index in [2.05, 4.69) is 20.2 Å². The maximum Gasteiger partial charge on any atom is 0.243 e. The Bertz CT molecular complexity index is 993. The number of piperazine rings is 1. The number of aromatic nitrogens is 4. The number of sulfonamides is 1. The molecule has 4 rings (SSSR count). The Labute approximate surface area is 158 Å². The predicted molar refractivity (Wildman–Crippen MR) is 101 cm³/mol. The molecule has 140 valence electrons. The van der Waals surface area contributed by atoms with Crippen LogP contribution in [0.4, 0.5) is 5.82 Å². The summed E-state index contributed by atoms with van der Waals surface area (Å²) in [7, 11) is -3.52. The van der Waals surface area contributed by atoms with Gasteiger partial charge >= 0.3 is 0 Å². The summed E-state index contributed by atoms with van der Waals surface area (Å²) in [6.45, 7) is 3.89. The normalized spacial score (nSPS) is 15.8. The van der Waals surface area contributed by atoms with Gasteiger partial charge in [-0.1, -0.05) is 0 Å². The van der Waals surface area contributed by atoms with Crippen molar-refractivity contribution in [3.05, 3.63) is 60.6 Å². The third-order valence-electron chi connectivity index (χ3n) is 4.59. The van der Waals surface area contributed by atoms with Gasteiger partial charge in [-0.2, -0.15) is 14.5 Å². The highest BCUT2D eigenvalue weighted by molar-refractivity contribution is 7.89. The summed E-state index contributed by atoms with van der Waals surface area (Å²) in [4.78, 5) is 2.35. The van der Waals surface area contributed by atoms with Crippen molar-refractivity contribution < 1.29 is 8.42 Å². The summed E-state index contributed by atoms with van der Waals surface area (Å²) < 4.78 is 29.1. The Morgan fingerprint density at radius 2 is 1.67 bits per heavy atom. The van der Waals surface area contributed by atoms with Crippen LogP contribution >= 0.6 is 0 Å². The lowest BCUT2D eigenvalue weighted by atomic mass is 10.3. The molecular weight excluding hydrogens is 364 g/mol. The molecule has 3 aromatic rings. The molecule has 0 aliphatic carbocycles. The lowest BCUT2D eigenvalue weighted by Crippen LogP contribution is -2.49. The van der Waals surface area contributed by atoms with Gasteiger partial charge in [0.05, 0.1) is 16.3 Å². The van der Waals surface area contributed by atoms with Crippen LogP contribution < -0.4 is 4.90 Å². The van der Waals surface area contributed by atoms with Crippen molar-refractivity contribution in [1.82, 2.24) is 24.3 Å². The van der Waals surface area contributed by atoms with E-state index >= 15 is 0 Å². The van der Waals surface area contributed by atoms with Crippen molar-refractivity contribution in [3.8, 4) is 5.69 Å². The first kappa shape index (κ1) is 17.6. The number of hydrogen-bond acceptors (Lipinski definition) is 6. The molecule has 27 heavy (non-hydrogen) atoms. The van der Waals surface area contributed by atoms with E-state index in [1.54, 1.807) is 35.1 Å². The first-order chi connectivity index (χ1) is 13.0. The molecule has 1 saturated heterocycles. The van der Waals surface area contributed by atoms with Gasteiger partial charge in [0.15, 0.2) is 5.82 Å². The fourth-order valence-electron chi connectivity index (χ4n) is 3.06. The molecule has 8 nitrogen and oxygen atoms in total. The molecule has 1 aliphatic rings. The molecule has 1 fully saturated rings. The molecule has 3 heterocycles. The quantitative estimate of drug-likeness (QED) is 0.677. The minimum Gasteiger partial charge on any atom is -0.352 e. The van der Waals surface area contributed by atoms with Crippen molar-refractivity contribution in [2.24, 2.45) is 0 Å². The Balaban J connectivity index is 1.46. The number of nitrogens with zero attached hydrogens (tertiary/aromatic N) is 6. The SMILES string of the molecule is Cc1ccc(N2CCN(S(=O)(=O)c3ccc(-n4cccn4)cc3)CC2)nn1. The van der Waals surface area contributed by atoms with Crippen LogP contribution in [0.15, 0.2) is 59.8 Å². The maximum atomic E-state index is 12.9. The number of benzene rings is 1. The van der Waals surface area contributed by atoms with E-state index in [1.165, 1.54) is 4.31 Å². The molecule has 0 spiro atoms. The summed E-state index contributed by atoms with van der Waals surface area (Å²) in [6, 6.07) is 12.4. The van der Waals surface area contributed by atoms with Crippen LogP contribution in [0.5, 0.6) is 0 Å². The Hall–Kier alpha value is -2.78. The third-order valence-corrected chi connectivity index (χ3v) is 6.50. The first-order valence-corrected chi connectivity index (χ1v) is 10.1. The van der Waals surface area contributed by atoms with Crippen molar-refractivity contribution in [3.63, 3.8) is 0 Å². The summed E-state index contributed by atoms with van der Waals surface area (Å²) >= 11 is 0. The van der Waals surface area contributed by atoms with Gasteiger partial charge in [-0.15, -0.1) is 5.10 Å². The van der Waals surface area contributed by atoms with Crippen molar-refractivity contribution in [2.45, 2.75) is 11.8 Å². The zero-order valence-corrected chi connectivity index (χ0v) is 15.7. The Morgan fingerprint density at radius 3 is 2.26 bits per heavy atom. The van der Waals surface area contributed by atoms with Gasteiger partial charge in [0.25, 0.3) is 0 Å². The summed E-state index contributed by atoms with van der Waals surface area (Å²) in [5.41, 5.74) is 1.68. The van der Waals surface area contributed by atoms with Crippen LogP contribution in [0, 0.1) is 6.92 Å². The zero-order chi connectivity index (χ0) is 18.9. The van der Waals surface area contributed by atoms with Crippen LogP contribution in [-0.2, 0) is 10.0 Å². The minimum atomic E-state index is -3.52. The smallest absolute Gasteiger partial charge is 0.243 e. The summed E-state index contributed by atoms with van der Waals surface area (Å²) in [5.74, 6) is 0.779. The standard InChI is InChI=1S/C18H20N6O2S/c1-15-3-8-18(21-20-15)22-11-13-23(14-12-22)27(25,26)17-6-4-16(5-7-17)24-10-2-9-19-24/h2-10H,11-14H2,1H3. The molecule has 0 N–H and O–H groups in total. The average molecular weight is 384 g/mol. The summed E-state index contributed by atoms with van der Waals surface area (Å²) in [6.07, 6.45) is 3.50. The van der Waals surface area contributed by atoms with Crippen molar-refractivity contribution in [2.75, 3.05) is 31.1 Å². The zero-order valence-electron chi connectivity index (χ0n) is 14.9. The van der Waals surface area contributed by atoms with Gasteiger partial charge in [-0.3, -0.25) is 0 Å². The van der Waals surface area contributed by atoms with E-state index in [0.717, 1.165) is 17.2 Å². The fraction of sp³-hybridized carbons (Fsp3) is 0.278. The van der Waals surface area contributed by atoms with Crippen molar-refractivity contribution in [1.29, 1.82) is 0 Å². The molecule has 9 heteroatoms. The van der Waals surface area contributed by atoms with Gasteiger partial charge in [0.2, 0.25) is 10.0 Å². The van der Waals surface area contributed by atoms with E-state index in [4.69, 9.17) is 0 Å². The Kier molecular flexibility index (Phi) is 4.63. The van der Waals surface area contributed by atoms with E-state index in [9.17, 15) is 8.42 Å². The van der Waals surface area contributed by atoms with Gasteiger partial charge < -0.3 is 4.90 Å². The van der Waals surface area contributed by atoms with Crippen LogP contribution in [0.2, 0.25) is 0 Å². The second-order valence-corrected chi connectivity index (χ2v) is 8.31. The predicted octanol–water partition coefficient (Wildman–Crippen LogP) is 1.48.